The highest BCUT2D eigenvalue weighted by Gasteiger charge is 2.22. The van der Waals surface area contributed by atoms with Gasteiger partial charge < -0.3 is 14.8 Å². The van der Waals surface area contributed by atoms with Crippen molar-refractivity contribution < 1.29 is 19.2 Å². The van der Waals surface area contributed by atoms with E-state index in [1.165, 1.54) is 6.07 Å². The zero-order valence-corrected chi connectivity index (χ0v) is 10.6. The lowest BCUT2D eigenvalue weighted by Gasteiger charge is -2.13. The Morgan fingerprint density at radius 3 is 2.42 bits per heavy atom. The molecule has 98 valence electrons. The quantitative estimate of drug-likeness (QED) is 0.839. The summed E-state index contributed by atoms with van der Waals surface area (Å²) in [6, 6.07) is 11.5. The summed E-state index contributed by atoms with van der Waals surface area (Å²) in [5, 5.41) is 18.2. The molecule has 0 aliphatic carbocycles. The Balaban J connectivity index is 2.26. The number of hydrogen-bond acceptors (Lipinski definition) is 3. The normalized spacial score (nSPS) is 10.3. The first-order valence-electron chi connectivity index (χ1n) is 5.60. The van der Waals surface area contributed by atoms with Crippen LogP contribution in [0.1, 0.15) is 5.56 Å². The fraction of sp³-hybridized carbons (Fsp3) is 0.0769. The second-order valence-corrected chi connectivity index (χ2v) is 4.31. The molecule has 0 aliphatic rings. The van der Waals surface area contributed by atoms with Crippen LogP contribution in [0.2, 0.25) is 5.02 Å². The first-order valence-corrected chi connectivity index (χ1v) is 5.98. The van der Waals surface area contributed by atoms with Crippen LogP contribution in [0.15, 0.2) is 42.5 Å². The van der Waals surface area contributed by atoms with E-state index in [1.807, 2.05) is 30.3 Å². The minimum atomic E-state index is -1.77. The fourth-order valence-corrected chi connectivity index (χ4v) is 1.85. The zero-order valence-electron chi connectivity index (χ0n) is 9.88. The van der Waals surface area contributed by atoms with Crippen molar-refractivity contribution in [3.05, 3.63) is 58.9 Å². The van der Waals surface area contributed by atoms with Crippen molar-refractivity contribution in [3.63, 3.8) is 0 Å². The van der Waals surface area contributed by atoms with E-state index in [1.54, 1.807) is 0 Å². The van der Waals surface area contributed by atoms with Gasteiger partial charge in [-0.2, -0.15) is 0 Å². The van der Waals surface area contributed by atoms with E-state index < -0.39 is 12.9 Å². The summed E-state index contributed by atoms with van der Waals surface area (Å²) in [4.78, 5) is 0. The van der Waals surface area contributed by atoms with Gasteiger partial charge in [-0.05, 0) is 11.6 Å². The van der Waals surface area contributed by atoms with Gasteiger partial charge in [-0.15, -0.1) is 0 Å². The molecule has 3 nitrogen and oxygen atoms in total. The molecule has 2 aromatic carbocycles. The Labute approximate surface area is 115 Å². The van der Waals surface area contributed by atoms with Gasteiger partial charge in [0, 0.05) is 5.46 Å². The number of halogens is 2. The van der Waals surface area contributed by atoms with Crippen LogP contribution in [0.3, 0.4) is 0 Å². The van der Waals surface area contributed by atoms with Crippen LogP contribution < -0.4 is 10.2 Å². The predicted octanol–water partition coefficient (Wildman–Crippen LogP) is 1.74. The molecule has 0 saturated heterocycles. The summed E-state index contributed by atoms with van der Waals surface area (Å²) in [5.41, 5.74) is 0.892. The minimum Gasteiger partial charge on any atom is -0.488 e. The van der Waals surface area contributed by atoms with Crippen molar-refractivity contribution in [1.29, 1.82) is 0 Å². The summed E-state index contributed by atoms with van der Waals surface area (Å²) < 4.78 is 18.8. The van der Waals surface area contributed by atoms with E-state index >= 15 is 0 Å². The molecule has 0 atom stereocenters. The van der Waals surface area contributed by atoms with Crippen molar-refractivity contribution in [1.82, 2.24) is 0 Å². The van der Waals surface area contributed by atoms with Crippen LogP contribution in [0, 0.1) is 5.82 Å². The Bertz CT molecular complexity index is 563. The van der Waals surface area contributed by atoms with Crippen molar-refractivity contribution in [3.8, 4) is 5.75 Å². The molecule has 0 heterocycles. The molecule has 6 heteroatoms. The summed E-state index contributed by atoms with van der Waals surface area (Å²) in [5.74, 6) is -0.727. The maximum absolute atomic E-state index is 13.4. The third-order valence-corrected chi connectivity index (χ3v) is 2.94. The van der Waals surface area contributed by atoms with Crippen LogP contribution in [0.25, 0.3) is 0 Å². The highest BCUT2D eigenvalue weighted by atomic mass is 35.5. The molecule has 0 aromatic heterocycles. The molecule has 2 rings (SSSR count). The number of rotatable bonds is 4. The fourth-order valence-electron chi connectivity index (χ4n) is 1.63. The highest BCUT2D eigenvalue weighted by Crippen LogP contribution is 2.26. The lowest BCUT2D eigenvalue weighted by atomic mass is 9.79. The number of ether oxygens (including phenoxy) is 1. The van der Waals surface area contributed by atoms with Gasteiger partial charge in [0.2, 0.25) is 0 Å². The van der Waals surface area contributed by atoms with Crippen LogP contribution in [0.4, 0.5) is 4.39 Å². The molecule has 0 bridgehead atoms. The van der Waals surface area contributed by atoms with Crippen molar-refractivity contribution >= 4 is 24.2 Å². The van der Waals surface area contributed by atoms with Gasteiger partial charge in [0.1, 0.15) is 23.2 Å². The summed E-state index contributed by atoms with van der Waals surface area (Å²) >= 11 is 5.79. The zero-order chi connectivity index (χ0) is 13.8. The third-order valence-electron chi connectivity index (χ3n) is 2.58. The predicted molar refractivity (Wildman–Crippen MR) is 72.0 cm³/mol. The molecule has 0 saturated carbocycles. The van der Waals surface area contributed by atoms with Crippen molar-refractivity contribution in [2.45, 2.75) is 6.61 Å². The van der Waals surface area contributed by atoms with E-state index in [-0.39, 0.29) is 22.8 Å². The van der Waals surface area contributed by atoms with Crippen molar-refractivity contribution in [2.75, 3.05) is 0 Å². The van der Waals surface area contributed by atoms with Gasteiger partial charge in [-0.1, -0.05) is 48.0 Å². The molecular weight excluding hydrogens is 269 g/mol. The highest BCUT2D eigenvalue weighted by molar-refractivity contribution is 6.60. The molecule has 0 aliphatic heterocycles. The van der Waals surface area contributed by atoms with E-state index in [9.17, 15) is 14.4 Å². The van der Waals surface area contributed by atoms with Crippen LogP contribution in [-0.4, -0.2) is 17.2 Å². The molecule has 2 N–H and O–H groups in total. The number of benzene rings is 2. The van der Waals surface area contributed by atoms with Crippen molar-refractivity contribution in [2.24, 2.45) is 0 Å². The monoisotopic (exact) mass is 280 g/mol. The molecule has 2 aromatic rings. The average molecular weight is 280 g/mol. The van der Waals surface area contributed by atoms with Gasteiger partial charge >= 0.3 is 7.12 Å². The second-order valence-electron chi connectivity index (χ2n) is 3.93. The summed E-state index contributed by atoms with van der Waals surface area (Å²) in [7, 11) is -1.77. The maximum Gasteiger partial charge on any atom is 0.492 e. The van der Waals surface area contributed by atoms with Gasteiger partial charge in [0.05, 0.1) is 0 Å². The first kappa shape index (κ1) is 13.9. The Hall–Kier alpha value is -1.56. The SMILES string of the molecule is OB(O)c1ccc(F)c(Cl)c1OCc1ccccc1. The second kappa shape index (κ2) is 6.06. The minimum absolute atomic E-state index is 0.0299. The first-order chi connectivity index (χ1) is 9.09. The largest absolute Gasteiger partial charge is 0.492 e. The molecule has 0 radical (unpaired) electrons. The lowest BCUT2D eigenvalue weighted by molar-refractivity contribution is 0.305. The average Bonchev–Trinajstić information content (AvgIpc) is 2.41. The van der Waals surface area contributed by atoms with Gasteiger partial charge in [-0.3, -0.25) is 0 Å². The molecule has 0 amide bonds. The maximum atomic E-state index is 13.4. The topological polar surface area (TPSA) is 49.7 Å². The number of hydrogen-bond donors (Lipinski definition) is 2. The molecule has 0 unspecified atom stereocenters. The van der Waals surface area contributed by atoms with Crippen LogP contribution >= 0.6 is 11.6 Å². The molecule has 0 fully saturated rings. The van der Waals surface area contributed by atoms with Gasteiger partial charge in [-0.25, -0.2) is 4.39 Å². The standard InChI is InChI=1S/C13H11BClFO3/c15-12-11(16)7-6-10(14(17)18)13(12)19-8-9-4-2-1-3-5-9/h1-7,17-18H,8H2. The van der Waals surface area contributed by atoms with Crippen LogP contribution in [0.5, 0.6) is 5.75 Å². The lowest BCUT2D eigenvalue weighted by Crippen LogP contribution is -2.31. The summed E-state index contributed by atoms with van der Waals surface area (Å²) in [6.07, 6.45) is 0. The van der Waals surface area contributed by atoms with E-state index in [4.69, 9.17) is 16.3 Å². The third kappa shape index (κ3) is 3.26. The molecule has 19 heavy (non-hydrogen) atoms. The van der Waals surface area contributed by atoms with E-state index in [0.717, 1.165) is 11.6 Å². The van der Waals surface area contributed by atoms with E-state index in [2.05, 4.69) is 0 Å². The van der Waals surface area contributed by atoms with Gasteiger partial charge in [0.25, 0.3) is 0 Å². The smallest absolute Gasteiger partial charge is 0.488 e. The van der Waals surface area contributed by atoms with Crippen LogP contribution in [-0.2, 0) is 6.61 Å². The Morgan fingerprint density at radius 2 is 1.79 bits per heavy atom. The summed E-state index contributed by atoms with van der Waals surface area (Å²) in [6.45, 7) is 0.156. The molecular formula is C13H11BClFO3. The van der Waals surface area contributed by atoms with E-state index in [0.29, 0.717) is 0 Å². The molecule has 0 spiro atoms. The van der Waals surface area contributed by atoms with Gasteiger partial charge in [0.15, 0.2) is 0 Å². The Morgan fingerprint density at radius 1 is 1.11 bits per heavy atom. The Kier molecular flexibility index (Phi) is 4.42.